The Morgan fingerprint density at radius 2 is 1.88 bits per heavy atom. The van der Waals surface area contributed by atoms with Crippen molar-refractivity contribution in [2.45, 2.75) is 12.0 Å². The second kappa shape index (κ2) is 10.3. The maximum absolute atomic E-state index is 11.7. The Kier molecular flexibility index (Phi) is 8.82. The Labute approximate surface area is 172 Å². The summed E-state index contributed by atoms with van der Waals surface area (Å²) in [6.45, 7) is 1.98. The summed E-state index contributed by atoms with van der Waals surface area (Å²) in [5.41, 5.74) is 2.18. The average molecular weight is 390 g/mol. The van der Waals surface area contributed by atoms with Crippen LogP contribution in [0.1, 0.15) is 12.7 Å². The van der Waals surface area contributed by atoms with Gasteiger partial charge in [-0.2, -0.15) is 5.10 Å². The van der Waals surface area contributed by atoms with Gasteiger partial charge in [0.05, 0.1) is 12.8 Å². The van der Waals surface area contributed by atoms with Gasteiger partial charge in [-0.05, 0) is 31.2 Å². The molecular weight excluding hydrogens is 375 g/mol. The van der Waals surface area contributed by atoms with Crippen LogP contribution in [0.15, 0.2) is 51.0 Å². The number of hydrogen-bond acceptors (Lipinski definition) is 8. The maximum atomic E-state index is 11.7. The first kappa shape index (κ1) is 22.2. The summed E-state index contributed by atoms with van der Waals surface area (Å²) < 4.78 is 47.7. The number of nitrogens with one attached hydrogen (secondary N) is 1. The molecule has 0 spiro atoms. The van der Waals surface area contributed by atoms with E-state index in [1.54, 1.807) is 24.3 Å². The fourth-order valence-electron chi connectivity index (χ4n) is 1.73. The number of furan rings is 1. The van der Waals surface area contributed by atoms with Crippen LogP contribution in [0.2, 0.25) is 0 Å². The van der Waals surface area contributed by atoms with Crippen LogP contribution in [0.4, 0.5) is 0 Å². The number of carbonyl (C=O) groups is 1. The third kappa shape index (κ3) is 6.81. The van der Waals surface area contributed by atoms with Gasteiger partial charge in [0.25, 0.3) is 5.91 Å². The molecule has 0 aliphatic rings. The van der Waals surface area contributed by atoms with Crippen LogP contribution in [0.25, 0.3) is 0 Å². The van der Waals surface area contributed by atoms with Crippen LogP contribution in [0.5, 0.6) is 11.5 Å². The Hall–Kier alpha value is -1.85. The maximum Gasteiger partial charge on any atom is 1.00 e. The first-order chi connectivity index (χ1) is 11.9. The third-order valence-electron chi connectivity index (χ3n) is 2.74. The van der Waals surface area contributed by atoms with E-state index >= 15 is 0 Å². The SMILES string of the molecule is CCOc1ccccc1OCC(=O)N/N=C/c1ccc(S(=O)(=O)[O-])o1.[Na+]. The number of hydrogen-bond donors (Lipinski definition) is 1. The zero-order valence-electron chi connectivity index (χ0n) is 14.2. The van der Waals surface area contributed by atoms with E-state index in [0.29, 0.717) is 18.1 Å². The van der Waals surface area contributed by atoms with Crippen molar-refractivity contribution in [3.8, 4) is 11.5 Å². The number of hydrazone groups is 1. The fourth-order valence-corrected chi connectivity index (χ4v) is 2.16. The molecule has 1 amide bonds. The van der Waals surface area contributed by atoms with Crippen LogP contribution in [0.3, 0.4) is 0 Å². The molecule has 0 unspecified atom stereocenters. The summed E-state index contributed by atoms with van der Waals surface area (Å²) in [7, 11) is -4.67. The van der Waals surface area contributed by atoms with E-state index in [0.717, 1.165) is 12.3 Å². The van der Waals surface area contributed by atoms with E-state index in [2.05, 4.69) is 10.5 Å². The fraction of sp³-hybridized carbons (Fsp3) is 0.200. The molecule has 9 nitrogen and oxygen atoms in total. The second-order valence-corrected chi connectivity index (χ2v) is 5.88. The van der Waals surface area contributed by atoms with Crippen molar-refractivity contribution in [3.05, 3.63) is 42.2 Å². The molecule has 0 radical (unpaired) electrons. The van der Waals surface area contributed by atoms with Crippen molar-refractivity contribution < 1.29 is 61.2 Å². The van der Waals surface area contributed by atoms with Gasteiger partial charge in [-0.1, -0.05) is 12.1 Å². The zero-order chi connectivity index (χ0) is 18.3. The number of rotatable bonds is 8. The van der Waals surface area contributed by atoms with Crippen molar-refractivity contribution in [2.75, 3.05) is 13.2 Å². The number of ether oxygens (including phenoxy) is 2. The van der Waals surface area contributed by atoms with E-state index in [4.69, 9.17) is 13.9 Å². The number of para-hydroxylation sites is 2. The molecule has 0 atom stereocenters. The summed E-state index contributed by atoms with van der Waals surface area (Å²) in [4.78, 5) is 11.7. The predicted octanol–water partition coefficient (Wildman–Crippen LogP) is -1.88. The van der Waals surface area contributed by atoms with E-state index < -0.39 is 21.1 Å². The van der Waals surface area contributed by atoms with Crippen LogP contribution >= 0.6 is 0 Å². The molecule has 0 fully saturated rings. The van der Waals surface area contributed by atoms with Gasteiger partial charge >= 0.3 is 29.6 Å². The van der Waals surface area contributed by atoms with Crippen LogP contribution in [-0.4, -0.2) is 38.3 Å². The first-order valence-electron chi connectivity index (χ1n) is 7.12. The molecule has 26 heavy (non-hydrogen) atoms. The molecular formula is C15H15N2NaO7S. The Balaban J connectivity index is 0.00000338. The van der Waals surface area contributed by atoms with Crippen molar-refractivity contribution in [3.63, 3.8) is 0 Å². The molecule has 1 N–H and O–H groups in total. The van der Waals surface area contributed by atoms with Crippen LogP contribution in [-0.2, 0) is 14.9 Å². The Morgan fingerprint density at radius 1 is 1.23 bits per heavy atom. The molecule has 0 saturated heterocycles. The summed E-state index contributed by atoms with van der Waals surface area (Å²) in [6, 6.07) is 9.13. The van der Waals surface area contributed by atoms with Gasteiger partial charge in [-0.3, -0.25) is 4.79 Å². The predicted molar refractivity (Wildman–Crippen MR) is 85.5 cm³/mol. The standard InChI is InChI=1S/C15H16N2O7S.Na/c1-2-22-12-5-3-4-6-13(12)23-10-14(18)17-16-9-11-7-8-15(24-11)25(19,20)21;/h3-9H,2,10H2,1H3,(H,17,18)(H,19,20,21);/q;+1/p-1/b16-9+;. The summed E-state index contributed by atoms with van der Waals surface area (Å²) in [6.07, 6.45) is 1.06. The second-order valence-electron chi connectivity index (χ2n) is 4.57. The van der Waals surface area contributed by atoms with Gasteiger partial charge in [0.15, 0.2) is 28.2 Å². The number of benzene rings is 1. The minimum Gasteiger partial charge on any atom is -0.742 e. The molecule has 2 aromatic rings. The molecule has 1 heterocycles. The molecule has 0 aliphatic carbocycles. The minimum atomic E-state index is -4.67. The van der Waals surface area contributed by atoms with Crippen molar-refractivity contribution >= 4 is 22.2 Å². The minimum absolute atomic E-state index is 0. The summed E-state index contributed by atoms with van der Waals surface area (Å²) in [5.74, 6) is 0.381. The molecule has 0 bridgehead atoms. The molecule has 0 aliphatic heterocycles. The largest absolute Gasteiger partial charge is 1.00 e. The molecule has 0 saturated carbocycles. The number of amides is 1. The molecule has 134 valence electrons. The average Bonchev–Trinajstić information content (AvgIpc) is 3.03. The summed E-state index contributed by atoms with van der Waals surface area (Å²) in [5, 5.41) is 2.86. The van der Waals surface area contributed by atoms with Crippen molar-refractivity contribution in [1.82, 2.24) is 5.43 Å². The quantitative estimate of drug-likeness (QED) is 0.241. The van der Waals surface area contributed by atoms with E-state index in [1.807, 2.05) is 6.92 Å². The monoisotopic (exact) mass is 390 g/mol. The Morgan fingerprint density at radius 3 is 2.46 bits per heavy atom. The first-order valence-corrected chi connectivity index (χ1v) is 8.53. The van der Waals surface area contributed by atoms with Gasteiger partial charge < -0.3 is 18.4 Å². The molecule has 1 aromatic carbocycles. The number of carbonyl (C=O) groups excluding carboxylic acids is 1. The topological polar surface area (TPSA) is 130 Å². The van der Waals surface area contributed by atoms with Crippen molar-refractivity contribution in [2.24, 2.45) is 5.10 Å². The van der Waals surface area contributed by atoms with Crippen LogP contribution < -0.4 is 44.5 Å². The normalized spacial score (nSPS) is 11.0. The van der Waals surface area contributed by atoms with E-state index in [9.17, 15) is 17.8 Å². The number of nitrogens with zero attached hydrogens (tertiary/aromatic N) is 1. The third-order valence-corrected chi connectivity index (χ3v) is 3.45. The van der Waals surface area contributed by atoms with Gasteiger partial charge in [-0.15, -0.1) is 0 Å². The molecule has 11 heteroatoms. The van der Waals surface area contributed by atoms with Gasteiger partial charge in [0.2, 0.25) is 5.09 Å². The molecule has 2 rings (SSSR count). The van der Waals surface area contributed by atoms with Crippen molar-refractivity contribution in [1.29, 1.82) is 0 Å². The zero-order valence-corrected chi connectivity index (χ0v) is 17.0. The van der Waals surface area contributed by atoms with Gasteiger partial charge in [0.1, 0.15) is 5.76 Å². The van der Waals surface area contributed by atoms with Crippen LogP contribution in [0, 0.1) is 0 Å². The Bertz CT molecular complexity index is 864. The van der Waals surface area contributed by atoms with E-state index in [-0.39, 0.29) is 41.9 Å². The van der Waals surface area contributed by atoms with Gasteiger partial charge in [0, 0.05) is 0 Å². The van der Waals surface area contributed by atoms with Gasteiger partial charge in [-0.25, -0.2) is 13.8 Å². The smallest absolute Gasteiger partial charge is 0.742 e. The molecule has 1 aromatic heterocycles. The van der Waals surface area contributed by atoms with E-state index in [1.165, 1.54) is 6.07 Å². The summed E-state index contributed by atoms with van der Waals surface area (Å²) >= 11 is 0.